The van der Waals surface area contributed by atoms with Crippen molar-refractivity contribution < 1.29 is 23.1 Å². The fourth-order valence-electron chi connectivity index (χ4n) is 2.64. The van der Waals surface area contributed by atoms with Crippen molar-refractivity contribution in [2.75, 3.05) is 0 Å². The largest absolute Gasteiger partial charge is 0.506 e. The minimum atomic E-state index is -4.42. The number of benzene rings is 2. The van der Waals surface area contributed by atoms with Gasteiger partial charge in [-0.3, -0.25) is 4.79 Å². The fourth-order valence-corrected chi connectivity index (χ4v) is 4.04. The summed E-state index contributed by atoms with van der Waals surface area (Å²) in [5.74, 6) is -0.283. The highest BCUT2D eigenvalue weighted by atomic mass is 35.5. The number of halogens is 5. The van der Waals surface area contributed by atoms with Crippen LogP contribution in [-0.2, 0) is 12.6 Å². The highest BCUT2D eigenvalue weighted by molar-refractivity contribution is 7.17. The number of rotatable bonds is 5. The number of carbonyl (C=O) groups is 1. The summed E-state index contributed by atoms with van der Waals surface area (Å²) in [7, 11) is 0. The molecule has 1 heterocycles. The summed E-state index contributed by atoms with van der Waals surface area (Å²) in [5, 5.41) is 9.74. The van der Waals surface area contributed by atoms with E-state index in [1.807, 2.05) is 0 Å². The number of alkyl halides is 3. The molecule has 8 heteroatoms. The van der Waals surface area contributed by atoms with Crippen LogP contribution in [0.1, 0.15) is 27.2 Å². The van der Waals surface area contributed by atoms with Crippen LogP contribution in [0.15, 0.2) is 48.5 Å². The molecule has 0 radical (unpaired) electrons. The van der Waals surface area contributed by atoms with Crippen molar-refractivity contribution in [3.63, 3.8) is 0 Å². The Morgan fingerprint density at radius 3 is 2.50 bits per heavy atom. The minimum Gasteiger partial charge on any atom is -0.506 e. The number of phenolic OH excluding ortho intramolecular Hbond substituents is 1. The lowest BCUT2D eigenvalue weighted by molar-refractivity contribution is -0.137. The molecular weight excluding hydrogens is 432 g/mol. The molecule has 3 rings (SSSR count). The standard InChI is InChI=1S/C20H13Cl2F3O2S/c21-18-11(5-7-15(27)19(18)22)4-6-14(26)17-9-8-16(28-17)12-2-1-3-13(10-12)20(23,24)25/h1-3,5,7-10,27H,4,6H2. The lowest BCUT2D eigenvalue weighted by atomic mass is 10.1. The Labute approximate surface area is 173 Å². The third-order valence-electron chi connectivity index (χ3n) is 4.12. The van der Waals surface area contributed by atoms with Gasteiger partial charge in [0.1, 0.15) is 10.8 Å². The van der Waals surface area contributed by atoms with Gasteiger partial charge in [0, 0.05) is 11.3 Å². The Kier molecular flexibility index (Phi) is 6.03. The van der Waals surface area contributed by atoms with E-state index in [-0.39, 0.29) is 28.0 Å². The Bertz CT molecular complexity index is 1030. The first-order valence-electron chi connectivity index (χ1n) is 8.13. The Morgan fingerprint density at radius 2 is 1.79 bits per heavy atom. The van der Waals surface area contributed by atoms with E-state index in [1.54, 1.807) is 24.3 Å². The second kappa shape index (κ2) is 8.15. The average Bonchev–Trinajstić information content (AvgIpc) is 3.15. The zero-order chi connectivity index (χ0) is 20.5. The van der Waals surface area contributed by atoms with Crippen LogP contribution >= 0.6 is 34.5 Å². The van der Waals surface area contributed by atoms with Crippen molar-refractivity contribution in [3.05, 3.63) is 74.6 Å². The second-order valence-corrected chi connectivity index (χ2v) is 7.88. The topological polar surface area (TPSA) is 37.3 Å². The molecular formula is C20H13Cl2F3O2S. The van der Waals surface area contributed by atoms with Crippen LogP contribution < -0.4 is 0 Å². The maximum absolute atomic E-state index is 12.9. The van der Waals surface area contributed by atoms with Crippen LogP contribution in [-0.4, -0.2) is 10.9 Å². The summed E-state index contributed by atoms with van der Waals surface area (Å²) >= 11 is 13.1. The first-order chi connectivity index (χ1) is 13.2. The van der Waals surface area contributed by atoms with E-state index in [0.29, 0.717) is 27.3 Å². The summed E-state index contributed by atoms with van der Waals surface area (Å²) in [6, 6.07) is 11.2. The van der Waals surface area contributed by atoms with E-state index < -0.39 is 11.7 Å². The molecule has 2 nitrogen and oxygen atoms in total. The predicted octanol–water partition coefficient (Wildman–Crippen LogP) is 7.26. The lowest BCUT2D eigenvalue weighted by Gasteiger charge is -2.07. The second-order valence-electron chi connectivity index (χ2n) is 6.04. The Hall–Kier alpha value is -2.02. The monoisotopic (exact) mass is 444 g/mol. The first-order valence-corrected chi connectivity index (χ1v) is 9.70. The molecule has 0 aliphatic carbocycles. The highest BCUT2D eigenvalue weighted by Crippen LogP contribution is 2.36. The molecule has 0 aliphatic heterocycles. The van der Waals surface area contributed by atoms with Gasteiger partial charge in [0.15, 0.2) is 5.78 Å². The van der Waals surface area contributed by atoms with E-state index in [9.17, 15) is 23.1 Å². The molecule has 0 spiro atoms. The zero-order valence-electron chi connectivity index (χ0n) is 14.2. The maximum Gasteiger partial charge on any atom is 0.416 e. The number of aromatic hydroxyl groups is 1. The molecule has 0 unspecified atom stereocenters. The quantitative estimate of drug-likeness (QED) is 0.420. The van der Waals surface area contributed by atoms with Gasteiger partial charge >= 0.3 is 6.18 Å². The number of Topliss-reactive ketones (excluding diaryl/α,β-unsaturated/α-hetero) is 1. The number of hydrogen-bond donors (Lipinski definition) is 1. The van der Waals surface area contributed by atoms with Crippen LogP contribution in [0.5, 0.6) is 5.75 Å². The summed E-state index contributed by atoms with van der Waals surface area (Å²) in [5.41, 5.74) is 0.310. The number of aryl methyl sites for hydroxylation is 1. The van der Waals surface area contributed by atoms with Crippen LogP contribution in [0.25, 0.3) is 10.4 Å². The molecule has 2 aromatic carbocycles. The highest BCUT2D eigenvalue weighted by Gasteiger charge is 2.30. The number of thiophene rings is 1. The van der Waals surface area contributed by atoms with Crippen LogP contribution in [0.3, 0.4) is 0 Å². The lowest BCUT2D eigenvalue weighted by Crippen LogP contribution is -2.04. The third-order valence-corrected chi connectivity index (χ3v) is 6.20. The summed E-state index contributed by atoms with van der Waals surface area (Å²) < 4.78 is 38.6. The van der Waals surface area contributed by atoms with Crippen LogP contribution in [0.2, 0.25) is 10.0 Å². The van der Waals surface area contributed by atoms with E-state index in [4.69, 9.17) is 23.2 Å². The zero-order valence-corrected chi connectivity index (χ0v) is 16.5. The molecule has 0 bridgehead atoms. The molecule has 0 fully saturated rings. The smallest absolute Gasteiger partial charge is 0.416 e. The minimum absolute atomic E-state index is 0.0366. The Morgan fingerprint density at radius 1 is 1.04 bits per heavy atom. The van der Waals surface area contributed by atoms with Crippen molar-refractivity contribution in [2.24, 2.45) is 0 Å². The van der Waals surface area contributed by atoms with E-state index >= 15 is 0 Å². The van der Waals surface area contributed by atoms with E-state index in [2.05, 4.69) is 0 Å². The molecule has 0 saturated heterocycles. The van der Waals surface area contributed by atoms with Gasteiger partial charge in [0.2, 0.25) is 0 Å². The van der Waals surface area contributed by atoms with Crippen LogP contribution in [0, 0.1) is 0 Å². The van der Waals surface area contributed by atoms with E-state index in [1.165, 1.54) is 12.1 Å². The number of carbonyl (C=O) groups excluding carboxylic acids is 1. The molecule has 1 aromatic heterocycles. The molecule has 146 valence electrons. The van der Waals surface area contributed by atoms with Gasteiger partial charge in [-0.2, -0.15) is 13.2 Å². The normalized spacial score (nSPS) is 11.6. The van der Waals surface area contributed by atoms with Gasteiger partial charge in [-0.05, 0) is 47.9 Å². The summed E-state index contributed by atoms with van der Waals surface area (Å²) in [6.45, 7) is 0. The van der Waals surface area contributed by atoms with E-state index in [0.717, 1.165) is 23.5 Å². The van der Waals surface area contributed by atoms with Crippen molar-refractivity contribution >= 4 is 40.3 Å². The number of phenols is 1. The molecule has 0 saturated carbocycles. The molecule has 0 amide bonds. The molecule has 3 aromatic rings. The van der Waals surface area contributed by atoms with Crippen molar-refractivity contribution in [2.45, 2.75) is 19.0 Å². The molecule has 0 atom stereocenters. The van der Waals surface area contributed by atoms with Crippen molar-refractivity contribution in [3.8, 4) is 16.2 Å². The summed E-state index contributed by atoms with van der Waals surface area (Å²) in [4.78, 5) is 13.5. The number of hydrogen-bond acceptors (Lipinski definition) is 3. The molecule has 28 heavy (non-hydrogen) atoms. The number of ketones is 1. The van der Waals surface area contributed by atoms with Crippen molar-refractivity contribution in [1.82, 2.24) is 0 Å². The Balaban J connectivity index is 1.74. The molecule has 0 aliphatic rings. The molecule has 1 N–H and O–H groups in total. The van der Waals surface area contributed by atoms with Gasteiger partial charge < -0.3 is 5.11 Å². The summed E-state index contributed by atoms with van der Waals surface area (Å²) in [6.07, 6.45) is -3.94. The third kappa shape index (κ3) is 4.51. The maximum atomic E-state index is 12.9. The fraction of sp³-hybridized carbons (Fsp3) is 0.150. The van der Waals surface area contributed by atoms with Gasteiger partial charge in [-0.1, -0.05) is 41.4 Å². The van der Waals surface area contributed by atoms with Gasteiger partial charge in [0.05, 0.1) is 15.5 Å². The SMILES string of the molecule is O=C(CCc1ccc(O)c(Cl)c1Cl)c1ccc(-c2cccc(C(F)(F)F)c2)s1. The van der Waals surface area contributed by atoms with Gasteiger partial charge in [-0.15, -0.1) is 11.3 Å². The predicted molar refractivity (Wildman–Crippen MR) is 106 cm³/mol. The van der Waals surface area contributed by atoms with Gasteiger partial charge in [-0.25, -0.2) is 0 Å². The van der Waals surface area contributed by atoms with Gasteiger partial charge in [0.25, 0.3) is 0 Å². The van der Waals surface area contributed by atoms with Crippen molar-refractivity contribution in [1.29, 1.82) is 0 Å². The first kappa shape index (κ1) is 20.7. The van der Waals surface area contributed by atoms with Crippen LogP contribution in [0.4, 0.5) is 13.2 Å². The average molecular weight is 445 g/mol.